The summed E-state index contributed by atoms with van der Waals surface area (Å²) in [4.78, 5) is 44.3. The molecule has 0 aliphatic carbocycles. The second-order valence-electron chi connectivity index (χ2n) is 9.95. The molecular formula is C25H27N5O6. The molecule has 1 saturated heterocycles. The molecule has 3 heterocycles. The molecular weight excluding hydrogens is 466 g/mol. The molecule has 2 aliphatic heterocycles. The van der Waals surface area contributed by atoms with Crippen LogP contribution < -0.4 is 10.7 Å². The number of rotatable bonds is 3. The van der Waals surface area contributed by atoms with Crippen LogP contribution in [-0.2, 0) is 20.7 Å². The first kappa shape index (κ1) is 23.8. The number of aromatic amines is 1. The Hall–Kier alpha value is -3.93. The van der Waals surface area contributed by atoms with E-state index in [2.05, 4.69) is 10.4 Å². The van der Waals surface area contributed by atoms with E-state index in [0.29, 0.717) is 5.56 Å². The molecule has 5 rings (SSSR count). The molecule has 1 fully saturated rings. The summed E-state index contributed by atoms with van der Waals surface area (Å²) < 4.78 is 5.26. The summed E-state index contributed by atoms with van der Waals surface area (Å²) in [6.07, 6.45) is -0.586. The molecule has 1 aromatic heterocycles. The van der Waals surface area contributed by atoms with Crippen LogP contribution in [0, 0.1) is 5.21 Å². The van der Waals surface area contributed by atoms with Gasteiger partial charge in [-0.1, -0.05) is 30.3 Å². The third-order valence-electron chi connectivity index (χ3n) is 6.34. The first-order valence-corrected chi connectivity index (χ1v) is 11.6. The number of nitrogens with one attached hydrogen (secondary N) is 3. The number of amides is 3. The minimum absolute atomic E-state index is 0.0799. The lowest BCUT2D eigenvalue weighted by atomic mass is 9.86. The third kappa shape index (κ3) is 4.17. The zero-order chi connectivity index (χ0) is 25.8. The molecule has 2 aromatic carbocycles. The largest absolute Gasteiger partial charge is 0.595 e. The number of benzene rings is 2. The maximum Gasteiger partial charge on any atom is 0.426 e. The number of hydrogen-bond acceptors (Lipinski definition) is 6. The van der Waals surface area contributed by atoms with Crippen molar-refractivity contribution in [2.24, 2.45) is 0 Å². The van der Waals surface area contributed by atoms with E-state index in [9.17, 15) is 24.8 Å². The van der Waals surface area contributed by atoms with Crippen LogP contribution in [-0.4, -0.2) is 56.2 Å². The SMILES string of the molecule is CC(C)(C)OC(=O)NN1CC(=O)N2C(Cc3c([nH]c4ccccc34)C2c2cccc([NH+]([O-])O)c2)C1=O. The number of nitrogens with zero attached hydrogens (tertiary/aromatic N) is 2. The van der Waals surface area contributed by atoms with Crippen LogP contribution in [0.1, 0.15) is 43.6 Å². The molecule has 0 spiro atoms. The summed E-state index contributed by atoms with van der Waals surface area (Å²) in [6, 6.07) is 12.4. The highest BCUT2D eigenvalue weighted by atomic mass is 16.8. The van der Waals surface area contributed by atoms with E-state index in [0.717, 1.165) is 27.2 Å². The van der Waals surface area contributed by atoms with Crippen molar-refractivity contribution >= 4 is 34.5 Å². The maximum atomic E-state index is 13.6. The van der Waals surface area contributed by atoms with Crippen molar-refractivity contribution in [2.45, 2.75) is 44.9 Å². The minimum atomic E-state index is -1.09. The Morgan fingerprint density at radius 1 is 1.19 bits per heavy atom. The van der Waals surface area contributed by atoms with Gasteiger partial charge < -0.3 is 19.8 Å². The van der Waals surface area contributed by atoms with Crippen molar-refractivity contribution in [2.75, 3.05) is 6.54 Å². The third-order valence-corrected chi connectivity index (χ3v) is 6.34. The van der Waals surface area contributed by atoms with Crippen LogP contribution in [0.4, 0.5) is 10.5 Å². The number of quaternary nitrogens is 1. The molecule has 0 saturated carbocycles. The number of hydrazine groups is 1. The number of carbonyl (C=O) groups excluding carboxylic acids is 3. The molecule has 11 nitrogen and oxygen atoms in total. The summed E-state index contributed by atoms with van der Waals surface area (Å²) in [5.74, 6) is -0.832. The Bertz CT molecular complexity index is 1360. The van der Waals surface area contributed by atoms with Gasteiger partial charge in [-0.15, -0.1) is 0 Å². The van der Waals surface area contributed by atoms with Crippen molar-refractivity contribution in [1.29, 1.82) is 0 Å². The molecule has 3 aromatic rings. The summed E-state index contributed by atoms with van der Waals surface area (Å²) in [7, 11) is 0. The van der Waals surface area contributed by atoms with Gasteiger partial charge in [-0.05, 0) is 38.0 Å². The van der Waals surface area contributed by atoms with E-state index < -0.39 is 34.9 Å². The topological polar surface area (TPSA) is 142 Å². The maximum absolute atomic E-state index is 13.6. The quantitative estimate of drug-likeness (QED) is 0.409. The average Bonchev–Trinajstić information content (AvgIpc) is 3.18. The smallest absolute Gasteiger partial charge is 0.426 e. The van der Waals surface area contributed by atoms with Gasteiger partial charge >= 0.3 is 6.09 Å². The van der Waals surface area contributed by atoms with Crippen LogP contribution in [0.15, 0.2) is 48.5 Å². The molecule has 2 aliphatic rings. The first-order chi connectivity index (χ1) is 17.0. The van der Waals surface area contributed by atoms with Gasteiger partial charge in [-0.25, -0.2) is 20.4 Å². The fourth-order valence-electron chi connectivity index (χ4n) is 4.96. The fourth-order valence-corrected chi connectivity index (χ4v) is 4.96. The van der Waals surface area contributed by atoms with Crippen LogP contribution in [0.3, 0.4) is 0 Å². The zero-order valence-electron chi connectivity index (χ0n) is 20.1. The molecule has 11 heteroatoms. The Labute approximate surface area is 206 Å². The molecule has 188 valence electrons. The second-order valence-corrected chi connectivity index (χ2v) is 9.95. The number of fused-ring (bicyclic) bond motifs is 4. The van der Waals surface area contributed by atoms with Crippen LogP contribution in [0.5, 0.6) is 0 Å². The van der Waals surface area contributed by atoms with Gasteiger partial charge in [0, 0.05) is 35.2 Å². The number of hydrogen-bond donors (Lipinski definition) is 4. The lowest BCUT2D eigenvalue weighted by Crippen LogP contribution is -2.99. The lowest BCUT2D eigenvalue weighted by Gasteiger charge is -2.46. The normalized spacial score (nSPS) is 20.7. The van der Waals surface area contributed by atoms with E-state index in [4.69, 9.17) is 4.74 Å². The second kappa shape index (κ2) is 8.63. The minimum Gasteiger partial charge on any atom is -0.595 e. The molecule has 3 amide bonds. The summed E-state index contributed by atoms with van der Waals surface area (Å²) in [6.45, 7) is 4.73. The highest BCUT2D eigenvalue weighted by Crippen LogP contribution is 2.42. The number of para-hydroxylation sites is 1. The molecule has 4 N–H and O–H groups in total. The van der Waals surface area contributed by atoms with E-state index in [-0.39, 0.29) is 24.6 Å². The van der Waals surface area contributed by atoms with Crippen LogP contribution >= 0.6 is 0 Å². The van der Waals surface area contributed by atoms with E-state index in [1.54, 1.807) is 32.9 Å². The zero-order valence-corrected chi connectivity index (χ0v) is 20.1. The predicted octanol–water partition coefficient (Wildman–Crippen LogP) is 1.70. The first-order valence-electron chi connectivity index (χ1n) is 11.6. The summed E-state index contributed by atoms with van der Waals surface area (Å²) in [5.41, 5.74) is 4.75. The number of ether oxygens (including phenoxy) is 1. The van der Waals surface area contributed by atoms with Crippen molar-refractivity contribution in [1.82, 2.24) is 20.3 Å². The predicted molar refractivity (Wildman–Crippen MR) is 128 cm³/mol. The van der Waals surface area contributed by atoms with Crippen LogP contribution in [0.2, 0.25) is 0 Å². The summed E-state index contributed by atoms with van der Waals surface area (Å²) in [5, 5.41) is 22.0. The molecule has 0 radical (unpaired) electrons. The Kier molecular flexibility index (Phi) is 5.70. The van der Waals surface area contributed by atoms with Gasteiger partial charge in [0.15, 0.2) is 5.69 Å². The average molecular weight is 494 g/mol. The lowest BCUT2D eigenvalue weighted by molar-refractivity contribution is -0.991. The Morgan fingerprint density at radius 2 is 1.94 bits per heavy atom. The number of carbonyl (C=O) groups is 3. The molecule has 0 bridgehead atoms. The Morgan fingerprint density at radius 3 is 2.67 bits per heavy atom. The van der Waals surface area contributed by atoms with Gasteiger partial charge in [0.05, 0.1) is 6.04 Å². The number of piperazine rings is 1. The summed E-state index contributed by atoms with van der Waals surface area (Å²) >= 11 is 0. The van der Waals surface area contributed by atoms with Crippen LogP contribution in [0.25, 0.3) is 10.9 Å². The van der Waals surface area contributed by atoms with Crippen molar-refractivity contribution < 1.29 is 29.6 Å². The van der Waals surface area contributed by atoms with Gasteiger partial charge in [-0.3, -0.25) is 9.59 Å². The van der Waals surface area contributed by atoms with Gasteiger partial charge in [-0.2, -0.15) is 5.23 Å². The number of H-pyrrole nitrogens is 1. The number of aromatic nitrogens is 1. The van der Waals surface area contributed by atoms with E-state index in [1.165, 1.54) is 17.0 Å². The monoisotopic (exact) mass is 493 g/mol. The Balaban J connectivity index is 1.58. The van der Waals surface area contributed by atoms with Crippen molar-refractivity contribution in [3.05, 3.63) is 70.6 Å². The van der Waals surface area contributed by atoms with Crippen molar-refractivity contribution in [3.63, 3.8) is 0 Å². The van der Waals surface area contributed by atoms with Gasteiger partial charge in [0.2, 0.25) is 5.91 Å². The fraction of sp³-hybridized carbons (Fsp3) is 0.320. The molecule has 3 atom stereocenters. The molecule has 36 heavy (non-hydrogen) atoms. The van der Waals surface area contributed by atoms with Crippen molar-refractivity contribution in [3.8, 4) is 0 Å². The molecule has 3 unspecified atom stereocenters. The van der Waals surface area contributed by atoms with E-state index >= 15 is 0 Å². The standard InChI is InChI=1S/C25H27N5O6/c1-25(2,3)36-24(33)27-28-13-20(31)29-19(23(28)32)12-17-16-9-4-5-10-18(16)26-21(17)22(29)14-7-6-8-15(11-14)30(34)35/h4-11,19,22,26,30,34H,12-13H2,1-3H3,(H,27,33). The van der Waals surface area contributed by atoms with E-state index in [1.807, 2.05) is 24.3 Å². The highest BCUT2D eigenvalue weighted by Gasteiger charge is 2.49. The van der Waals surface area contributed by atoms with Gasteiger partial charge in [0.25, 0.3) is 5.91 Å². The highest BCUT2D eigenvalue weighted by molar-refractivity contribution is 5.98. The van der Waals surface area contributed by atoms with Gasteiger partial charge in [0.1, 0.15) is 18.2 Å².